The molecule has 1 rings (SSSR count). The van der Waals surface area contributed by atoms with E-state index in [-0.39, 0.29) is 18.8 Å². The molecule has 0 heterocycles. The minimum Gasteiger partial charge on any atom is -0.462 e. The summed E-state index contributed by atoms with van der Waals surface area (Å²) in [6.45, 7) is 8.36. The van der Waals surface area contributed by atoms with E-state index in [0.29, 0.717) is 19.6 Å². The Kier molecular flexibility index (Phi) is 8.23. The Hall–Kier alpha value is -1.43. The maximum atomic E-state index is 12.3. The second kappa shape index (κ2) is 9.65. The normalized spacial score (nSPS) is 15.2. The minimum absolute atomic E-state index is 0.104. The first-order valence-corrected chi connectivity index (χ1v) is 8.09. The molecule has 0 amide bonds. The quantitative estimate of drug-likeness (QED) is 0.670. The zero-order valence-corrected chi connectivity index (χ0v) is 14.6. The predicted molar refractivity (Wildman–Crippen MR) is 89.9 cm³/mol. The van der Waals surface area contributed by atoms with Crippen LogP contribution in [0.25, 0.3) is 0 Å². The van der Waals surface area contributed by atoms with Gasteiger partial charge in [-0.25, -0.2) is 4.79 Å². The number of carbonyl (C=O) groups excluding carboxylic acids is 1. The van der Waals surface area contributed by atoms with Crippen LogP contribution in [0, 0.1) is 0 Å². The Labute approximate surface area is 139 Å². The Bertz CT molecular complexity index is 463. The highest BCUT2D eigenvalue weighted by Gasteiger charge is 2.34. The topological polar surface area (TPSA) is 70.8 Å². The summed E-state index contributed by atoms with van der Waals surface area (Å²) in [7, 11) is 0. The van der Waals surface area contributed by atoms with Gasteiger partial charge in [0.25, 0.3) is 0 Å². The summed E-state index contributed by atoms with van der Waals surface area (Å²) < 4.78 is 16.5. The lowest BCUT2D eigenvalue weighted by Crippen LogP contribution is -2.42. The minimum atomic E-state index is -0.978. The van der Waals surface area contributed by atoms with E-state index in [1.54, 1.807) is 6.92 Å². The van der Waals surface area contributed by atoms with E-state index in [1.165, 1.54) is 0 Å². The highest BCUT2D eigenvalue weighted by atomic mass is 16.6. The second-order valence-electron chi connectivity index (χ2n) is 6.10. The van der Waals surface area contributed by atoms with Crippen molar-refractivity contribution in [3.05, 3.63) is 35.9 Å². The van der Waals surface area contributed by atoms with Gasteiger partial charge >= 0.3 is 5.97 Å². The average molecular weight is 323 g/mol. The van der Waals surface area contributed by atoms with Crippen LogP contribution in [0.5, 0.6) is 0 Å². The molecule has 1 aromatic carbocycles. The molecule has 23 heavy (non-hydrogen) atoms. The molecule has 0 spiro atoms. The molecule has 2 unspecified atom stereocenters. The number of esters is 1. The van der Waals surface area contributed by atoms with Crippen molar-refractivity contribution in [3.8, 4) is 0 Å². The van der Waals surface area contributed by atoms with Crippen molar-refractivity contribution in [1.82, 2.24) is 0 Å². The lowest BCUT2D eigenvalue weighted by Gasteiger charge is -2.27. The summed E-state index contributed by atoms with van der Waals surface area (Å²) in [5.41, 5.74) is 5.92. The molecule has 0 aliphatic rings. The zero-order chi connectivity index (χ0) is 17.3. The van der Waals surface area contributed by atoms with E-state index >= 15 is 0 Å². The standard InChI is InChI=1S/C18H29NO4/c1-5-18(4,23-11-15-9-7-6-8-10-15)17(20)22-13-16(19)12-21-14(2)3/h6-10,14,16H,5,11-13,19H2,1-4H3. The second-order valence-corrected chi connectivity index (χ2v) is 6.10. The Morgan fingerprint density at radius 2 is 1.87 bits per heavy atom. The first-order valence-electron chi connectivity index (χ1n) is 8.09. The summed E-state index contributed by atoms with van der Waals surface area (Å²) >= 11 is 0. The largest absolute Gasteiger partial charge is 0.462 e. The highest BCUT2D eigenvalue weighted by Crippen LogP contribution is 2.20. The molecular formula is C18H29NO4. The van der Waals surface area contributed by atoms with Crippen LogP contribution >= 0.6 is 0 Å². The van der Waals surface area contributed by atoms with Crippen LogP contribution in [0.2, 0.25) is 0 Å². The number of ether oxygens (including phenoxy) is 3. The lowest BCUT2D eigenvalue weighted by molar-refractivity contribution is -0.173. The van der Waals surface area contributed by atoms with Gasteiger partial charge < -0.3 is 19.9 Å². The van der Waals surface area contributed by atoms with Crippen molar-refractivity contribution in [2.75, 3.05) is 13.2 Å². The summed E-state index contributed by atoms with van der Waals surface area (Å²) in [5, 5.41) is 0. The van der Waals surface area contributed by atoms with E-state index in [2.05, 4.69) is 0 Å². The highest BCUT2D eigenvalue weighted by molar-refractivity contribution is 5.79. The SMILES string of the molecule is CCC(C)(OCc1ccccc1)C(=O)OCC(N)COC(C)C. The third kappa shape index (κ3) is 7.12. The fraction of sp³-hybridized carbons (Fsp3) is 0.611. The zero-order valence-electron chi connectivity index (χ0n) is 14.6. The lowest BCUT2D eigenvalue weighted by atomic mass is 10.0. The van der Waals surface area contributed by atoms with Crippen molar-refractivity contribution >= 4 is 5.97 Å². The van der Waals surface area contributed by atoms with Crippen LogP contribution in [0.1, 0.15) is 39.7 Å². The molecule has 0 aliphatic carbocycles. The molecule has 5 heteroatoms. The first-order chi connectivity index (χ1) is 10.9. The molecule has 1 aromatic rings. The van der Waals surface area contributed by atoms with Gasteiger partial charge in [-0.3, -0.25) is 0 Å². The number of carbonyl (C=O) groups is 1. The van der Waals surface area contributed by atoms with Crippen molar-refractivity contribution < 1.29 is 19.0 Å². The van der Waals surface area contributed by atoms with E-state index in [4.69, 9.17) is 19.9 Å². The smallest absolute Gasteiger partial charge is 0.338 e. The maximum Gasteiger partial charge on any atom is 0.338 e. The molecule has 0 bridgehead atoms. The van der Waals surface area contributed by atoms with Crippen LogP contribution in [-0.2, 0) is 25.6 Å². The molecule has 5 nitrogen and oxygen atoms in total. The fourth-order valence-corrected chi connectivity index (χ4v) is 1.82. The third-order valence-corrected chi connectivity index (χ3v) is 3.58. The monoisotopic (exact) mass is 323 g/mol. The van der Waals surface area contributed by atoms with Gasteiger partial charge in [-0.2, -0.15) is 0 Å². The third-order valence-electron chi connectivity index (χ3n) is 3.58. The van der Waals surface area contributed by atoms with Gasteiger partial charge in [0.05, 0.1) is 25.4 Å². The summed E-state index contributed by atoms with van der Waals surface area (Å²) in [6, 6.07) is 9.40. The molecule has 0 aromatic heterocycles. The van der Waals surface area contributed by atoms with Gasteiger partial charge in [-0.1, -0.05) is 37.3 Å². The Morgan fingerprint density at radius 1 is 1.22 bits per heavy atom. The average Bonchev–Trinajstić information content (AvgIpc) is 2.56. The number of benzene rings is 1. The molecule has 2 N–H and O–H groups in total. The van der Waals surface area contributed by atoms with Gasteiger partial charge in [-0.05, 0) is 32.8 Å². The van der Waals surface area contributed by atoms with Gasteiger partial charge in [0.15, 0.2) is 5.60 Å². The van der Waals surface area contributed by atoms with E-state index < -0.39 is 11.6 Å². The van der Waals surface area contributed by atoms with Crippen molar-refractivity contribution in [1.29, 1.82) is 0 Å². The molecule has 2 atom stereocenters. The first kappa shape index (κ1) is 19.6. The Balaban J connectivity index is 2.46. The van der Waals surface area contributed by atoms with Crippen LogP contribution in [0.3, 0.4) is 0 Å². The van der Waals surface area contributed by atoms with Crippen LogP contribution < -0.4 is 5.73 Å². The van der Waals surface area contributed by atoms with Crippen molar-refractivity contribution in [3.63, 3.8) is 0 Å². The molecule has 0 saturated heterocycles. The van der Waals surface area contributed by atoms with Gasteiger partial charge in [0.2, 0.25) is 0 Å². The van der Waals surface area contributed by atoms with E-state index in [0.717, 1.165) is 5.56 Å². The van der Waals surface area contributed by atoms with E-state index in [9.17, 15) is 4.79 Å². The fourth-order valence-electron chi connectivity index (χ4n) is 1.82. The summed E-state index contributed by atoms with van der Waals surface area (Å²) in [6.07, 6.45) is 0.628. The van der Waals surface area contributed by atoms with Gasteiger partial charge in [-0.15, -0.1) is 0 Å². The van der Waals surface area contributed by atoms with Crippen LogP contribution in [0.4, 0.5) is 0 Å². The number of hydrogen-bond donors (Lipinski definition) is 1. The predicted octanol–water partition coefficient (Wildman–Crippen LogP) is 2.67. The number of hydrogen-bond acceptors (Lipinski definition) is 5. The van der Waals surface area contributed by atoms with Gasteiger partial charge in [0, 0.05) is 0 Å². The summed E-state index contributed by atoms with van der Waals surface area (Å²) in [4.78, 5) is 12.3. The Morgan fingerprint density at radius 3 is 2.43 bits per heavy atom. The maximum absolute atomic E-state index is 12.3. The number of nitrogens with two attached hydrogens (primary N) is 1. The van der Waals surface area contributed by atoms with Crippen LogP contribution in [0.15, 0.2) is 30.3 Å². The molecule has 0 aliphatic heterocycles. The van der Waals surface area contributed by atoms with Crippen LogP contribution in [-0.4, -0.2) is 36.9 Å². The van der Waals surface area contributed by atoms with E-state index in [1.807, 2.05) is 51.1 Å². The summed E-state index contributed by atoms with van der Waals surface area (Å²) in [5.74, 6) is -0.393. The van der Waals surface area contributed by atoms with Crippen molar-refractivity contribution in [2.24, 2.45) is 5.73 Å². The van der Waals surface area contributed by atoms with Crippen molar-refractivity contribution in [2.45, 2.75) is 58.5 Å². The molecular weight excluding hydrogens is 294 g/mol. The van der Waals surface area contributed by atoms with Gasteiger partial charge in [0.1, 0.15) is 6.61 Å². The molecule has 0 radical (unpaired) electrons. The number of rotatable bonds is 10. The molecule has 0 saturated carbocycles. The molecule has 0 fully saturated rings. The molecule has 130 valence electrons.